The molecule has 0 N–H and O–H groups in total. The Balaban J connectivity index is 0.653. The van der Waals surface area contributed by atoms with Gasteiger partial charge in [-0.25, -0.2) is 0 Å². The van der Waals surface area contributed by atoms with Crippen LogP contribution in [0.2, 0.25) is 0 Å². The van der Waals surface area contributed by atoms with E-state index in [2.05, 4.69) is 407 Å². The third-order valence-corrected chi connectivity index (χ3v) is 20.1. The third-order valence-electron chi connectivity index (χ3n) is 20.1. The summed E-state index contributed by atoms with van der Waals surface area (Å²) in [5.41, 5.74) is 28.7. The Morgan fingerprint density at radius 3 is 1.04 bits per heavy atom. The lowest BCUT2D eigenvalue weighted by molar-refractivity contribution is 0.669. The average Bonchev–Trinajstić information content (AvgIpc) is 1.60. The van der Waals surface area contributed by atoms with Crippen LogP contribution < -0.4 is 9.80 Å². The molecule has 19 aromatic rings. The molecular weight excluding hydrogens is 1230 g/mol. The molecule has 0 saturated heterocycles. The van der Waals surface area contributed by atoms with Gasteiger partial charge >= 0.3 is 0 Å². The van der Waals surface area contributed by atoms with Gasteiger partial charge in [0.25, 0.3) is 0 Å². The lowest BCUT2D eigenvalue weighted by Gasteiger charge is -2.28. The number of rotatable bonds is 14. The fourth-order valence-electron chi connectivity index (χ4n) is 15.4. The number of hydrogen-bond acceptors (Lipinski definition) is 3. The van der Waals surface area contributed by atoms with Gasteiger partial charge in [-0.3, -0.25) is 0 Å². The summed E-state index contributed by atoms with van der Waals surface area (Å²) >= 11 is 0. The van der Waals surface area contributed by atoms with Crippen molar-refractivity contribution in [1.82, 2.24) is 9.13 Å². The molecule has 16 aromatic carbocycles. The number of nitrogens with zero attached hydrogens (tertiary/aromatic N) is 4. The maximum Gasteiger partial charge on any atom is 0.136 e. The molecule has 0 fully saturated rings. The molecule has 0 amide bonds. The number of hydrogen-bond donors (Lipinski definition) is 0. The number of furan rings is 1. The van der Waals surface area contributed by atoms with Gasteiger partial charge < -0.3 is 23.4 Å². The van der Waals surface area contributed by atoms with Crippen LogP contribution in [0, 0.1) is 0 Å². The Hall–Kier alpha value is -13.5. The summed E-state index contributed by atoms with van der Waals surface area (Å²) in [6, 6.07) is 141. The average molecular weight is 1290 g/mol. The van der Waals surface area contributed by atoms with E-state index in [4.69, 9.17) is 4.42 Å². The second-order valence-corrected chi connectivity index (χ2v) is 26.0. The number of benzene rings is 16. The van der Waals surface area contributed by atoms with Crippen LogP contribution in [-0.4, -0.2) is 9.13 Å². The summed E-state index contributed by atoms with van der Waals surface area (Å²) in [5.74, 6) is 0. The smallest absolute Gasteiger partial charge is 0.136 e. The maximum atomic E-state index is 6.85. The summed E-state index contributed by atoms with van der Waals surface area (Å²) in [4.78, 5) is 4.78. The lowest BCUT2D eigenvalue weighted by Crippen LogP contribution is -2.11. The molecule has 0 saturated carbocycles. The van der Waals surface area contributed by atoms with Gasteiger partial charge in [0.1, 0.15) is 11.2 Å². The van der Waals surface area contributed by atoms with Crippen molar-refractivity contribution in [2.75, 3.05) is 9.80 Å². The number of fused-ring (bicyclic) bond motifs is 9. The number of aromatic nitrogens is 2. The Morgan fingerprint density at radius 1 is 0.198 bits per heavy atom. The van der Waals surface area contributed by atoms with Crippen LogP contribution >= 0.6 is 0 Å². The van der Waals surface area contributed by atoms with Crippen LogP contribution in [0.5, 0.6) is 0 Å². The molecule has 3 aromatic heterocycles. The maximum absolute atomic E-state index is 6.85. The van der Waals surface area contributed by atoms with Crippen molar-refractivity contribution in [2.24, 2.45) is 0 Å². The monoisotopic (exact) mass is 1290 g/mol. The molecule has 0 atom stereocenters. The minimum Gasteiger partial charge on any atom is -0.456 e. The SMILES string of the molecule is c1ccc(-c2cc(-c3cccc(-c4ccc5c(c4)oc4cc(-c6ccc(N(c7ccccc7)c7ccc8c9c(-c%10ccccc%10)cccc9n(-c9ccccc9)c8c7)cc6)ccc45)c3)ccc2N(c2ccccc2)c2ccc3c4c(-c5ccccc5)cccc4n(-c4ccccc4)c3c2)cc1. The normalized spacial score (nSPS) is 11.6. The summed E-state index contributed by atoms with van der Waals surface area (Å²) in [5, 5.41) is 7.06. The Labute approximate surface area is 585 Å². The second kappa shape index (κ2) is 24.9. The van der Waals surface area contributed by atoms with Gasteiger partial charge in [0.05, 0.1) is 27.8 Å². The molecule has 19 rings (SSSR count). The van der Waals surface area contributed by atoms with Crippen LogP contribution in [0.25, 0.3) is 144 Å². The number of para-hydroxylation sites is 4. The van der Waals surface area contributed by atoms with Gasteiger partial charge in [0.2, 0.25) is 0 Å². The van der Waals surface area contributed by atoms with Crippen molar-refractivity contribution in [3.8, 4) is 78.1 Å². The molecule has 101 heavy (non-hydrogen) atoms. The molecular formula is C96H64N4O. The molecule has 0 radical (unpaired) electrons. The molecule has 474 valence electrons. The van der Waals surface area contributed by atoms with Crippen LogP contribution in [0.15, 0.2) is 393 Å². The molecule has 3 heterocycles. The van der Waals surface area contributed by atoms with Gasteiger partial charge in [-0.15, -0.1) is 0 Å². The fraction of sp³-hybridized carbons (Fsp3) is 0. The summed E-state index contributed by atoms with van der Waals surface area (Å²) in [6.45, 7) is 0. The predicted molar refractivity (Wildman–Crippen MR) is 424 cm³/mol. The molecule has 0 aliphatic heterocycles. The van der Waals surface area contributed by atoms with Crippen molar-refractivity contribution in [3.63, 3.8) is 0 Å². The zero-order valence-corrected chi connectivity index (χ0v) is 55.1. The minimum atomic E-state index is 0.851. The van der Waals surface area contributed by atoms with Gasteiger partial charge in [-0.05, 0) is 201 Å². The predicted octanol–water partition coefficient (Wildman–Crippen LogP) is 26.7. The van der Waals surface area contributed by atoms with Crippen molar-refractivity contribution in [1.29, 1.82) is 0 Å². The summed E-state index contributed by atoms with van der Waals surface area (Å²) in [7, 11) is 0. The quantitative estimate of drug-likeness (QED) is 0.109. The van der Waals surface area contributed by atoms with E-state index in [0.717, 1.165) is 123 Å². The van der Waals surface area contributed by atoms with Crippen LogP contribution in [0.4, 0.5) is 34.1 Å². The van der Waals surface area contributed by atoms with Crippen molar-refractivity contribution in [3.05, 3.63) is 388 Å². The van der Waals surface area contributed by atoms with Crippen molar-refractivity contribution >= 4 is 99.7 Å². The van der Waals surface area contributed by atoms with Gasteiger partial charge in [0, 0.05) is 77.7 Å². The van der Waals surface area contributed by atoms with Crippen LogP contribution in [0.3, 0.4) is 0 Å². The molecule has 0 bridgehead atoms. The van der Waals surface area contributed by atoms with Gasteiger partial charge in [0.15, 0.2) is 0 Å². The molecule has 5 heteroatoms. The fourth-order valence-corrected chi connectivity index (χ4v) is 15.4. The minimum absolute atomic E-state index is 0.851. The van der Waals surface area contributed by atoms with Crippen molar-refractivity contribution in [2.45, 2.75) is 0 Å². The van der Waals surface area contributed by atoms with E-state index in [-0.39, 0.29) is 0 Å². The summed E-state index contributed by atoms with van der Waals surface area (Å²) in [6.07, 6.45) is 0. The van der Waals surface area contributed by atoms with E-state index < -0.39 is 0 Å². The lowest BCUT2D eigenvalue weighted by atomic mass is 9.94. The molecule has 0 spiro atoms. The first-order valence-corrected chi connectivity index (χ1v) is 34.5. The molecule has 5 nitrogen and oxygen atoms in total. The van der Waals surface area contributed by atoms with Crippen molar-refractivity contribution < 1.29 is 4.42 Å². The zero-order valence-electron chi connectivity index (χ0n) is 55.1. The highest BCUT2D eigenvalue weighted by Gasteiger charge is 2.25. The second-order valence-electron chi connectivity index (χ2n) is 26.0. The Bertz CT molecular complexity index is 6280. The van der Waals surface area contributed by atoms with E-state index in [0.29, 0.717) is 0 Å². The van der Waals surface area contributed by atoms with E-state index >= 15 is 0 Å². The summed E-state index contributed by atoms with van der Waals surface area (Å²) < 4.78 is 11.7. The Kier molecular flexibility index (Phi) is 14.5. The van der Waals surface area contributed by atoms with Gasteiger partial charge in [-0.2, -0.15) is 0 Å². The highest BCUT2D eigenvalue weighted by atomic mass is 16.3. The van der Waals surface area contributed by atoms with Crippen LogP contribution in [0.1, 0.15) is 0 Å². The van der Waals surface area contributed by atoms with E-state index in [9.17, 15) is 0 Å². The molecule has 0 aliphatic carbocycles. The zero-order chi connectivity index (χ0) is 66.7. The van der Waals surface area contributed by atoms with E-state index in [1.165, 1.54) is 54.8 Å². The topological polar surface area (TPSA) is 29.5 Å². The van der Waals surface area contributed by atoms with Gasteiger partial charge in [-0.1, -0.05) is 249 Å². The van der Waals surface area contributed by atoms with E-state index in [1.54, 1.807) is 0 Å². The Morgan fingerprint density at radius 2 is 0.545 bits per heavy atom. The standard InChI is InChI=1S/C96H64N4O/c1-8-25-66(26-9-1)81-41-23-43-89-95(81)85-56-52-79(63-91(85)99(89)76-37-18-6-19-38-76)97(74-33-14-4-15-34-74)78-50-45-65(46-51-78)72-47-54-83-84-55-48-73(62-94(84)101-93(83)61-72)70-32-22-31-69(59-70)71-49-58-88(87(60-71)68-29-12-3-13-30-68)98(75-35-16-5-17-36-75)80-53-57-86-92(64-80)100(77-39-20-7-21-40-77)90-44-24-42-82(96(86)90)67-27-10-2-11-28-67/h1-64H. The largest absolute Gasteiger partial charge is 0.456 e. The highest BCUT2D eigenvalue weighted by Crippen LogP contribution is 2.48. The first-order valence-electron chi connectivity index (χ1n) is 34.5. The third kappa shape index (κ3) is 10.4. The number of anilines is 6. The highest BCUT2D eigenvalue weighted by molar-refractivity contribution is 6.18. The first-order chi connectivity index (χ1) is 50.1. The first kappa shape index (κ1) is 58.8. The van der Waals surface area contributed by atoms with Crippen LogP contribution in [-0.2, 0) is 0 Å². The van der Waals surface area contributed by atoms with E-state index in [1.807, 2.05) is 0 Å². The molecule has 0 unspecified atom stereocenters. The molecule has 0 aliphatic rings.